The average Bonchev–Trinajstić information content (AvgIpc) is 2.78. The summed E-state index contributed by atoms with van der Waals surface area (Å²) in [6.45, 7) is 3.04. The fourth-order valence-electron chi connectivity index (χ4n) is 2.56. The predicted molar refractivity (Wildman–Crippen MR) is 67.0 cm³/mol. The maximum Gasteiger partial charge on any atom is 0.194 e. The predicted octanol–water partition coefficient (Wildman–Crippen LogP) is 2.02. The molecule has 0 aromatic carbocycles. The Labute approximate surface area is 99.3 Å². The molecule has 16 heavy (non-hydrogen) atoms. The zero-order valence-corrected chi connectivity index (χ0v) is 10.4. The minimum atomic E-state index is 0.703. The van der Waals surface area contributed by atoms with Crippen molar-refractivity contribution < 1.29 is 0 Å². The van der Waals surface area contributed by atoms with Crippen LogP contribution in [0.3, 0.4) is 0 Å². The number of nitrogens with zero attached hydrogens (tertiary/aromatic N) is 2. The van der Waals surface area contributed by atoms with Crippen LogP contribution in [-0.2, 0) is 19.3 Å². The van der Waals surface area contributed by atoms with Crippen LogP contribution < -0.4 is 5.73 Å². The molecule has 0 fully saturated rings. The van der Waals surface area contributed by atoms with E-state index in [1.807, 2.05) is 17.5 Å². The van der Waals surface area contributed by atoms with Crippen molar-refractivity contribution in [1.29, 1.82) is 0 Å². The number of aromatic nitrogens is 2. The van der Waals surface area contributed by atoms with E-state index in [1.165, 1.54) is 30.7 Å². The molecule has 0 aliphatic heterocycles. The van der Waals surface area contributed by atoms with E-state index < -0.39 is 0 Å². The Bertz CT molecular complexity index is 512. The standard InChI is InChI=1S/C12H17N3S/c1-8-2-3-10-11(6-8)16-12-14-7-9(4-5-13)15(10)12/h7-8H,2-6,13H2,1H3. The van der Waals surface area contributed by atoms with Gasteiger partial charge in [0.2, 0.25) is 0 Å². The lowest BCUT2D eigenvalue weighted by Crippen LogP contribution is -2.12. The van der Waals surface area contributed by atoms with Crippen LogP contribution in [0, 0.1) is 5.92 Å². The van der Waals surface area contributed by atoms with Gasteiger partial charge < -0.3 is 5.73 Å². The molecule has 3 nitrogen and oxygen atoms in total. The van der Waals surface area contributed by atoms with Crippen LogP contribution in [0.5, 0.6) is 0 Å². The van der Waals surface area contributed by atoms with Gasteiger partial charge in [0.15, 0.2) is 4.96 Å². The van der Waals surface area contributed by atoms with E-state index in [0.717, 1.165) is 17.3 Å². The monoisotopic (exact) mass is 235 g/mol. The molecule has 3 rings (SSSR count). The second-order valence-corrected chi connectivity index (χ2v) is 5.79. The van der Waals surface area contributed by atoms with Gasteiger partial charge in [-0.2, -0.15) is 0 Å². The van der Waals surface area contributed by atoms with Crippen LogP contribution in [0.1, 0.15) is 29.6 Å². The Balaban J connectivity index is 2.13. The van der Waals surface area contributed by atoms with Crippen LogP contribution in [0.15, 0.2) is 6.20 Å². The first-order chi connectivity index (χ1) is 7.79. The van der Waals surface area contributed by atoms with Crippen molar-refractivity contribution in [3.8, 4) is 0 Å². The van der Waals surface area contributed by atoms with Gasteiger partial charge >= 0.3 is 0 Å². The highest BCUT2D eigenvalue weighted by Crippen LogP contribution is 2.33. The summed E-state index contributed by atoms with van der Waals surface area (Å²) in [5.41, 5.74) is 8.42. The van der Waals surface area contributed by atoms with Crippen molar-refractivity contribution in [1.82, 2.24) is 9.38 Å². The van der Waals surface area contributed by atoms with Gasteiger partial charge in [0, 0.05) is 22.7 Å². The quantitative estimate of drug-likeness (QED) is 0.865. The number of nitrogens with two attached hydrogens (primary N) is 1. The molecule has 1 unspecified atom stereocenters. The van der Waals surface area contributed by atoms with Gasteiger partial charge in [-0.25, -0.2) is 4.98 Å². The molecule has 2 N–H and O–H groups in total. The first-order valence-corrected chi connectivity index (χ1v) is 6.78. The minimum Gasteiger partial charge on any atom is -0.330 e. The van der Waals surface area contributed by atoms with Crippen LogP contribution in [0.4, 0.5) is 0 Å². The first-order valence-electron chi connectivity index (χ1n) is 5.96. The van der Waals surface area contributed by atoms with Crippen LogP contribution >= 0.6 is 11.3 Å². The highest BCUT2D eigenvalue weighted by Gasteiger charge is 2.22. The van der Waals surface area contributed by atoms with Crippen LogP contribution in [0.2, 0.25) is 0 Å². The van der Waals surface area contributed by atoms with Gasteiger partial charge in [0.25, 0.3) is 0 Å². The number of hydrogen-bond donors (Lipinski definition) is 1. The number of rotatable bonds is 2. The molecule has 0 radical (unpaired) electrons. The summed E-state index contributed by atoms with van der Waals surface area (Å²) < 4.78 is 2.35. The Hall–Kier alpha value is -0.870. The number of thiazole rings is 1. The summed E-state index contributed by atoms with van der Waals surface area (Å²) in [5.74, 6) is 0.828. The molecule has 1 aliphatic carbocycles. The largest absolute Gasteiger partial charge is 0.330 e. The van der Waals surface area contributed by atoms with E-state index in [2.05, 4.69) is 16.3 Å². The van der Waals surface area contributed by atoms with Gasteiger partial charge in [-0.3, -0.25) is 4.40 Å². The third kappa shape index (κ3) is 1.48. The Morgan fingerprint density at radius 3 is 3.31 bits per heavy atom. The first kappa shape index (κ1) is 10.3. The highest BCUT2D eigenvalue weighted by atomic mass is 32.1. The molecule has 1 atom stereocenters. The molecule has 0 amide bonds. The Morgan fingerprint density at radius 2 is 2.50 bits per heavy atom. The van der Waals surface area contributed by atoms with Crippen molar-refractivity contribution in [2.75, 3.05) is 6.54 Å². The third-order valence-corrected chi connectivity index (χ3v) is 4.54. The van der Waals surface area contributed by atoms with Crippen molar-refractivity contribution in [3.05, 3.63) is 22.5 Å². The molecule has 86 valence electrons. The number of aryl methyl sites for hydroxylation is 1. The van der Waals surface area contributed by atoms with Gasteiger partial charge in [-0.1, -0.05) is 6.92 Å². The van der Waals surface area contributed by atoms with E-state index in [1.54, 1.807) is 4.88 Å². The topological polar surface area (TPSA) is 43.3 Å². The second kappa shape index (κ2) is 3.86. The summed E-state index contributed by atoms with van der Waals surface area (Å²) >= 11 is 1.86. The van der Waals surface area contributed by atoms with Crippen LogP contribution in [0.25, 0.3) is 4.96 Å². The fourth-order valence-corrected chi connectivity index (χ4v) is 3.88. The smallest absolute Gasteiger partial charge is 0.194 e. The lowest BCUT2D eigenvalue weighted by Gasteiger charge is -2.18. The lowest BCUT2D eigenvalue weighted by atomic mass is 9.93. The number of hydrogen-bond acceptors (Lipinski definition) is 3. The molecular formula is C12H17N3S. The van der Waals surface area contributed by atoms with Crippen molar-refractivity contribution in [3.63, 3.8) is 0 Å². The molecule has 1 aliphatic rings. The van der Waals surface area contributed by atoms with E-state index in [9.17, 15) is 0 Å². The Morgan fingerprint density at radius 1 is 1.62 bits per heavy atom. The Kier molecular flexibility index (Phi) is 2.48. The van der Waals surface area contributed by atoms with Gasteiger partial charge in [0.05, 0.1) is 6.20 Å². The molecule has 0 saturated carbocycles. The molecule has 2 aromatic heterocycles. The summed E-state index contributed by atoms with van der Waals surface area (Å²) in [6, 6.07) is 0. The molecule has 2 heterocycles. The minimum absolute atomic E-state index is 0.703. The van der Waals surface area contributed by atoms with E-state index in [-0.39, 0.29) is 0 Å². The maximum atomic E-state index is 5.64. The van der Waals surface area contributed by atoms with E-state index in [4.69, 9.17) is 5.73 Å². The molecule has 2 aromatic rings. The third-order valence-electron chi connectivity index (χ3n) is 3.42. The van der Waals surface area contributed by atoms with Crippen molar-refractivity contribution in [2.24, 2.45) is 11.7 Å². The van der Waals surface area contributed by atoms with Gasteiger partial charge in [0.1, 0.15) is 0 Å². The van der Waals surface area contributed by atoms with Crippen molar-refractivity contribution in [2.45, 2.75) is 32.6 Å². The number of imidazole rings is 1. The maximum absolute atomic E-state index is 5.64. The summed E-state index contributed by atoms with van der Waals surface area (Å²) in [6.07, 6.45) is 6.64. The van der Waals surface area contributed by atoms with Gasteiger partial charge in [-0.15, -0.1) is 11.3 Å². The molecule has 0 bridgehead atoms. The van der Waals surface area contributed by atoms with Gasteiger partial charge in [-0.05, 0) is 31.7 Å². The number of fused-ring (bicyclic) bond motifs is 3. The molecule has 4 heteroatoms. The molecule has 0 saturated heterocycles. The second-order valence-electron chi connectivity index (χ2n) is 4.73. The van der Waals surface area contributed by atoms with Crippen LogP contribution in [-0.4, -0.2) is 15.9 Å². The van der Waals surface area contributed by atoms with Crippen molar-refractivity contribution >= 4 is 16.3 Å². The normalized spacial score (nSPS) is 20.2. The fraction of sp³-hybridized carbons (Fsp3) is 0.583. The van der Waals surface area contributed by atoms with E-state index >= 15 is 0 Å². The van der Waals surface area contributed by atoms with E-state index in [0.29, 0.717) is 6.54 Å². The summed E-state index contributed by atoms with van der Waals surface area (Å²) in [5, 5.41) is 0. The summed E-state index contributed by atoms with van der Waals surface area (Å²) in [7, 11) is 0. The average molecular weight is 235 g/mol. The highest BCUT2D eigenvalue weighted by molar-refractivity contribution is 7.17. The molecule has 0 spiro atoms. The molecular weight excluding hydrogens is 218 g/mol. The summed E-state index contributed by atoms with van der Waals surface area (Å²) in [4.78, 5) is 7.19. The zero-order chi connectivity index (χ0) is 11.1. The SMILES string of the molecule is CC1CCc2c(sc3ncc(CCN)n23)C1. The zero-order valence-electron chi connectivity index (χ0n) is 9.57. The lowest BCUT2D eigenvalue weighted by molar-refractivity contribution is 0.498.